The molecule has 2 rings (SSSR count). The molecule has 0 spiro atoms. The van der Waals surface area contributed by atoms with Gasteiger partial charge in [-0.2, -0.15) is 5.26 Å². The van der Waals surface area contributed by atoms with Gasteiger partial charge in [0.15, 0.2) is 5.82 Å². The lowest BCUT2D eigenvalue weighted by Gasteiger charge is -2.00. The molecule has 0 atom stereocenters. The van der Waals surface area contributed by atoms with E-state index >= 15 is 0 Å². The normalized spacial score (nSPS) is 9.64. The van der Waals surface area contributed by atoms with E-state index in [1.54, 1.807) is 30.6 Å². The molecule has 0 aliphatic carbocycles. The van der Waals surface area contributed by atoms with Crippen LogP contribution in [0.3, 0.4) is 0 Å². The van der Waals surface area contributed by atoms with Crippen LogP contribution in [-0.4, -0.2) is 14.8 Å². The van der Waals surface area contributed by atoms with Crippen LogP contribution in [0.5, 0.6) is 0 Å². The van der Waals surface area contributed by atoms with Crippen molar-refractivity contribution in [2.75, 3.05) is 5.73 Å². The minimum Gasteiger partial charge on any atom is -0.382 e. The number of nitrogens with zero attached hydrogens (tertiary/aromatic N) is 4. The zero-order valence-electron chi connectivity index (χ0n) is 7.25. The number of nitriles is 1. The molecule has 5 heteroatoms. The smallest absolute Gasteiger partial charge is 0.171 e. The van der Waals surface area contributed by atoms with Gasteiger partial charge in [0, 0.05) is 18.5 Å². The van der Waals surface area contributed by atoms with Crippen molar-refractivity contribution in [3.63, 3.8) is 0 Å². The molecule has 0 fully saturated rings. The molecule has 68 valence electrons. The molecule has 0 aromatic carbocycles. The van der Waals surface area contributed by atoms with E-state index in [1.165, 1.54) is 4.68 Å². The number of hydrogen-bond acceptors (Lipinski definition) is 4. The van der Waals surface area contributed by atoms with Crippen molar-refractivity contribution in [2.24, 2.45) is 0 Å². The van der Waals surface area contributed by atoms with Gasteiger partial charge in [-0.05, 0) is 12.1 Å². The summed E-state index contributed by atoms with van der Waals surface area (Å²) in [7, 11) is 0. The van der Waals surface area contributed by atoms with Crippen molar-refractivity contribution in [1.29, 1.82) is 5.26 Å². The highest BCUT2D eigenvalue weighted by molar-refractivity contribution is 5.43. The molecule has 0 bridgehead atoms. The maximum absolute atomic E-state index is 8.82. The van der Waals surface area contributed by atoms with Gasteiger partial charge in [-0.15, -0.1) is 5.10 Å². The zero-order chi connectivity index (χ0) is 9.97. The SMILES string of the molecule is N#Cc1cccnc1-n1ccc(N)n1. The van der Waals surface area contributed by atoms with Crippen molar-refractivity contribution in [1.82, 2.24) is 14.8 Å². The number of nitrogens with two attached hydrogens (primary N) is 1. The standard InChI is InChI=1S/C9H7N5/c10-6-7-2-1-4-12-9(7)14-5-3-8(11)13-14/h1-5H,(H2,11,13). The second kappa shape index (κ2) is 3.18. The van der Waals surface area contributed by atoms with Crippen molar-refractivity contribution >= 4 is 5.82 Å². The Morgan fingerprint density at radius 2 is 2.29 bits per heavy atom. The third-order valence-corrected chi connectivity index (χ3v) is 1.73. The van der Waals surface area contributed by atoms with E-state index in [-0.39, 0.29) is 0 Å². The van der Waals surface area contributed by atoms with Gasteiger partial charge in [0.2, 0.25) is 0 Å². The predicted molar refractivity (Wildman–Crippen MR) is 50.5 cm³/mol. The summed E-state index contributed by atoms with van der Waals surface area (Å²) in [5.41, 5.74) is 5.93. The summed E-state index contributed by atoms with van der Waals surface area (Å²) >= 11 is 0. The first-order chi connectivity index (χ1) is 6.81. The molecular weight excluding hydrogens is 178 g/mol. The van der Waals surface area contributed by atoms with E-state index in [0.29, 0.717) is 17.2 Å². The summed E-state index contributed by atoms with van der Waals surface area (Å²) in [5.74, 6) is 0.895. The Balaban J connectivity index is 2.57. The second-order valence-corrected chi connectivity index (χ2v) is 2.67. The molecule has 5 nitrogen and oxygen atoms in total. The number of anilines is 1. The Hall–Kier alpha value is -2.35. The number of nitrogen functional groups attached to an aromatic ring is 1. The van der Waals surface area contributed by atoms with Gasteiger partial charge >= 0.3 is 0 Å². The molecule has 2 aromatic rings. The van der Waals surface area contributed by atoms with E-state index in [2.05, 4.69) is 10.1 Å². The third kappa shape index (κ3) is 1.29. The fourth-order valence-corrected chi connectivity index (χ4v) is 1.12. The molecule has 0 saturated carbocycles. The third-order valence-electron chi connectivity index (χ3n) is 1.73. The van der Waals surface area contributed by atoms with Gasteiger partial charge in [0.05, 0.1) is 5.56 Å². The molecule has 0 radical (unpaired) electrons. The van der Waals surface area contributed by atoms with Gasteiger partial charge in [-0.3, -0.25) is 0 Å². The van der Waals surface area contributed by atoms with Crippen LogP contribution < -0.4 is 5.73 Å². The Labute approximate surface area is 80.4 Å². The number of aromatic nitrogens is 3. The first-order valence-electron chi connectivity index (χ1n) is 3.98. The van der Waals surface area contributed by atoms with E-state index < -0.39 is 0 Å². The van der Waals surface area contributed by atoms with Crippen LogP contribution >= 0.6 is 0 Å². The van der Waals surface area contributed by atoms with Crippen LogP contribution in [0.2, 0.25) is 0 Å². The molecule has 2 heterocycles. The highest BCUT2D eigenvalue weighted by atomic mass is 15.3. The van der Waals surface area contributed by atoms with Gasteiger partial charge in [0.25, 0.3) is 0 Å². The lowest BCUT2D eigenvalue weighted by atomic mass is 10.3. The van der Waals surface area contributed by atoms with Crippen LogP contribution in [0.15, 0.2) is 30.6 Å². The molecule has 14 heavy (non-hydrogen) atoms. The fraction of sp³-hybridized carbons (Fsp3) is 0. The van der Waals surface area contributed by atoms with Crippen LogP contribution in [0.25, 0.3) is 5.82 Å². The summed E-state index contributed by atoms with van der Waals surface area (Å²) < 4.78 is 1.48. The van der Waals surface area contributed by atoms with Crippen molar-refractivity contribution in [2.45, 2.75) is 0 Å². The van der Waals surface area contributed by atoms with Crippen molar-refractivity contribution in [3.8, 4) is 11.9 Å². The first kappa shape index (κ1) is 8.26. The lowest BCUT2D eigenvalue weighted by molar-refractivity contribution is 0.848. The first-order valence-corrected chi connectivity index (χ1v) is 3.98. The zero-order valence-corrected chi connectivity index (χ0v) is 7.25. The summed E-state index contributed by atoms with van der Waals surface area (Å²) in [6.07, 6.45) is 3.27. The highest BCUT2D eigenvalue weighted by Crippen LogP contribution is 2.09. The Morgan fingerprint density at radius 3 is 2.93 bits per heavy atom. The quantitative estimate of drug-likeness (QED) is 0.709. The molecule has 2 aromatic heterocycles. The molecule has 0 saturated heterocycles. The molecule has 0 aliphatic heterocycles. The fourth-order valence-electron chi connectivity index (χ4n) is 1.12. The predicted octanol–water partition coefficient (Wildman–Crippen LogP) is 0.721. The van der Waals surface area contributed by atoms with Crippen LogP contribution in [0.1, 0.15) is 5.56 Å². The van der Waals surface area contributed by atoms with Gasteiger partial charge in [0.1, 0.15) is 11.9 Å². The molecular formula is C9H7N5. The van der Waals surface area contributed by atoms with Crippen LogP contribution in [-0.2, 0) is 0 Å². The monoisotopic (exact) mass is 185 g/mol. The second-order valence-electron chi connectivity index (χ2n) is 2.67. The van der Waals surface area contributed by atoms with Crippen molar-refractivity contribution < 1.29 is 0 Å². The van der Waals surface area contributed by atoms with E-state index in [0.717, 1.165) is 0 Å². The van der Waals surface area contributed by atoms with Crippen molar-refractivity contribution in [3.05, 3.63) is 36.2 Å². The molecule has 0 unspecified atom stereocenters. The minimum atomic E-state index is 0.402. The minimum absolute atomic E-state index is 0.402. The highest BCUT2D eigenvalue weighted by Gasteiger charge is 2.05. The van der Waals surface area contributed by atoms with Gasteiger partial charge in [-0.1, -0.05) is 0 Å². The van der Waals surface area contributed by atoms with Crippen LogP contribution in [0.4, 0.5) is 5.82 Å². The lowest BCUT2D eigenvalue weighted by Crippen LogP contribution is -2.01. The van der Waals surface area contributed by atoms with Crippen LogP contribution in [0, 0.1) is 11.3 Å². The maximum atomic E-state index is 8.82. The summed E-state index contributed by atoms with van der Waals surface area (Å²) in [6, 6.07) is 7.07. The topological polar surface area (TPSA) is 80.5 Å². The molecule has 0 aliphatic rings. The maximum Gasteiger partial charge on any atom is 0.171 e. The number of pyridine rings is 1. The van der Waals surface area contributed by atoms with E-state index in [4.69, 9.17) is 11.0 Å². The average molecular weight is 185 g/mol. The largest absolute Gasteiger partial charge is 0.382 e. The Morgan fingerprint density at radius 1 is 1.43 bits per heavy atom. The number of rotatable bonds is 1. The molecule has 0 amide bonds. The van der Waals surface area contributed by atoms with E-state index in [1.807, 2.05) is 6.07 Å². The summed E-state index contributed by atoms with van der Waals surface area (Å²) in [5, 5.41) is 12.8. The number of hydrogen-bond donors (Lipinski definition) is 1. The Bertz CT molecular complexity index is 494. The summed E-state index contributed by atoms with van der Waals surface area (Å²) in [4.78, 5) is 4.06. The molecule has 2 N–H and O–H groups in total. The summed E-state index contributed by atoms with van der Waals surface area (Å²) in [6.45, 7) is 0. The van der Waals surface area contributed by atoms with E-state index in [9.17, 15) is 0 Å². The average Bonchev–Trinajstić information content (AvgIpc) is 2.65. The Kier molecular flexibility index (Phi) is 1.88. The van der Waals surface area contributed by atoms with Gasteiger partial charge < -0.3 is 5.73 Å². The van der Waals surface area contributed by atoms with Gasteiger partial charge in [-0.25, -0.2) is 9.67 Å².